The van der Waals surface area contributed by atoms with Gasteiger partial charge >= 0.3 is 0 Å². The van der Waals surface area contributed by atoms with Gasteiger partial charge < -0.3 is 15.7 Å². The lowest BCUT2D eigenvalue weighted by atomic mass is 10.0. The van der Waals surface area contributed by atoms with E-state index in [0.29, 0.717) is 11.1 Å². The molecule has 1 aromatic rings. The summed E-state index contributed by atoms with van der Waals surface area (Å²) in [5.41, 5.74) is 6.83. The second kappa shape index (κ2) is 7.25. The van der Waals surface area contributed by atoms with E-state index in [0.717, 1.165) is 50.9 Å². The molecule has 0 saturated carbocycles. The Morgan fingerprint density at radius 3 is 2.53 bits per heavy atom. The molecular formula is C15H23ClN2O. The molecule has 106 valence electrons. The van der Waals surface area contributed by atoms with Gasteiger partial charge in [0.25, 0.3) is 0 Å². The summed E-state index contributed by atoms with van der Waals surface area (Å²) in [5, 5.41) is 10.8. The zero-order valence-electron chi connectivity index (χ0n) is 11.3. The third-order valence-corrected chi connectivity index (χ3v) is 4.09. The minimum Gasteiger partial charge on any atom is -0.388 e. The maximum absolute atomic E-state index is 10.1. The summed E-state index contributed by atoms with van der Waals surface area (Å²) in [6, 6.07) is 7.83. The van der Waals surface area contributed by atoms with E-state index in [9.17, 15) is 5.11 Å². The Morgan fingerprint density at radius 2 is 1.89 bits per heavy atom. The number of piperidine rings is 1. The maximum Gasteiger partial charge on any atom is 0.0790 e. The van der Waals surface area contributed by atoms with Gasteiger partial charge in [0.1, 0.15) is 0 Å². The Labute approximate surface area is 120 Å². The summed E-state index contributed by atoms with van der Waals surface area (Å²) in [7, 11) is 0. The lowest BCUT2D eigenvalue weighted by Crippen LogP contribution is -2.40. The Kier molecular flexibility index (Phi) is 5.64. The van der Waals surface area contributed by atoms with Gasteiger partial charge in [0.15, 0.2) is 0 Å². The highest BCUT2D eigenvalue weighted by Crippen LogP contribution is 2.21. The molecule has 0 aliphatic carbocycles. The number of hydrogen-bond donors (Lipinski definition) is 2. The van der Waals surface area contributed by atoms with Gasteiger partial charge in [-0.3, -0.25) is 0 Å². The number of benzene rings is 1. The van der Waals surface area contributed by atoms with Crippen molar-refractivity contribution in [2.45, 2.75) is 37.8 Å². The highest BCUT2D eigenvalue weighted by Gasteiger charge is 2.16. The molecule has 1 heterocycles. The molecule has 0 spiro atoms. The van der Waals surface area contributed by atoms with Gasteiger partial charge in [0.2, 0.25) is 0 Å². The number of aliphatic hydroxyl groups excluding tert-OH is 1. The van der Waals surface area contributed by atoms with Gasteiger partial charge in [-0.2, -0.15) is 0 Å². The minimum absolute atomic E-state index is 0.385. The molecule has 3 N–H and O–H groups in total. The number of likely N-dealkylation sites (tertiary alicyclic amines) is 1. The fourth-order valence-corrected chi connectivity index (χ4v) is 2.66. The van der Waals surface area contributed by atoms with E-state index in [1.54, 1.807) is 0 Å². The lowest BCUT2D eigenvalue weighted by molar-refractivity contribution is 0.148. The molecule has 1 fully saturated rings. The van der Waals surface area contributed by atoms with Crippen molar-refractivity contribution in [2.75, 3.05) is 19.6 Å². The largest absolute Gasteiger partial charge is 0.388 e. The molecule has 1 aliphatic heterocycles. The van der Waals surface area contributed by atoms with Gasteiger partial charge in [-0.1, -0.05) is 23.7 Å². The molecule has 2 rings (SSSR count). The van der Waals surface area contributed by atoms with Crippen molar-refractivity contribution < 1.29 is 5.11 Å². The lowest BCUT2D eigenvalue weighted by Gasteiger charge is -2.30. The second-order valence-electron chi connectivity index (χ2n) is 5.39. The van der Waals surface area contributed by atoms with Gasteiger partial charge in [0.05, 0.1) is 6.10 Å². The average molecular weight is 283 g/mol. The third-order valence-electron chi connectivity index (χ3n) is 3.84. The molecule has 1 atom stereocenters. The molecular weight excluding hydrogens is 260 g/mol. The van der Waals surface area contributed by atoms with Crippen LogP contribution in [-0.2, 0) is 0 Å². The molecule has 0 bridgehead atoms. The highest BCUT2D eigenvalue weighted by atomic mass is 35.5. The molecule has 0 radical (unpaired) electrons. The van der Waals surface area contributed by atoms with E-state index in [1.165, 1.54) is 0 Å². The van der Waals surface area contributed by atoms with Crippen LogP contribution < -0.4 is 5.73 Å². The molecule has 19 heavy (non-hydrogen) atoms. The third kappa shape index (κ3) is 4.77. The van der Waals surface area contributed by atoms with Gasteiger partial charge in [-0.15, -0.1) is 0 Å². The standard InChI is InChI=1S/C15H23ClN2O/c16-13-5-3-12(4-6-13)15(19)2-1-9-18-10-7-14(17)8-11-18/h3-6,14-15,19H,1-2,7-11,17H2. The van der Waals surface area contributed by atoms with Crippen LogP contribution in [0.1, 0.15) is 37.4 Å². The van der Waals surface area contributed by atoms with E-state index in [2.05, 4.69) is 4.90 Å². The zero-order chi connectivity index (χ0) is 13.7. The topological polar surface area (TPSA) is 49.5 Å². The summed E-state index contributed by atoms with van der Waals surface area (Å²) in [4.78, 5) is 2.44. The van der Waals surface area contributed by atoms with Gasteiger partial charge in [0, 0.05) is 11.1 Å². The number of nitrogens with zero attached hydrogens (tertiary/aromatic N) is 1. The smallest absolute Gasteiger partial charge is 0.0790 e. The van der Waals surface area contributed by atoms with Crippen molar-refractivity contribution in [3.63, 3.8) is 0 Å². The molecule has 4 heteroatoms. The van der Waals surface area contributed by atoms with Gasteiger partial charge in [-0.05, 0) is 63.0 Å². The summed E-state index contributed by atoms with van der Waals surface area (Å²) in [6.07, 6.45) is 3.62. The Bertz CT molecular complexity index is 374. The Hall–Kier alpha value is -0.610. The minimum atomic E-state index is -0.385. The Morgan fingerprint density at radius 1 is 1.26 bits per heavy atom. The number of rotatable bonds is 5. The first-order chi connectivity index (χ1) is 9.15. The highest BCUT2D eigenvalue weighted by molar-refractivity contribution is 6.30. The maximum atomic E-state index is 10.1. The summed E-state index contributed by atoms with van der Waals surface area (Å²) in [6.45, 7) is 3.24. The van der Waals surface area contributed by atoms with Gasteiger partial charge in [-0.25, -0.2) is 0 Å². The van der Waals surface area contributed by atoms with Crippen LogP contribution in [0.15, 0.2) is 24.3 Å². The van der Waals surface area contributed by atoms with E-state index < -0.39 is 0 Å². The first-order valence-electron chi connectivity index (χ1n) is 7.06. The van der Waals surface area contributed by atoms with E-state index in [-0.39, 0.29) is 6.10 Å². The molecule has 1 saturated heterocycles. The molecule has 1 unspecified atom stereocenters. The zero-order valence-corrected chi connectivity index (χ0v) is 12.0. The van der Waals surface area contributed by atoms with Crippen molar-refractivity contribution in [3.8, 4) is 0 Å². The van der Waals surface area contributed by atoms with Crippen LogP contribution in [0.4, 0.5) is 0 Å². The number of hydrogen-bond acceptors (Lipinski definition) is 3. The number of halogens is 1. The van der Waals surface area contributed by atoms with Crippen LogP contribution >= 0.6 is 11.6 Å². The summed E-state index contributed by atoms with van der Waals surface area (Å²) >= 11 is 5.84. The normalized spacial score (nSPS) is 19.5. The first-order valence-corrected chi connectivity index (χ1v) is 7.44. The van der Waals surface area contributed by atoms with Crippen LogP contribution in [0.3, 0.4) is 0 Å². The van der Waals surface area contributed by atoms with Crippen molar-refractivity contribution in [1.29, 1.82) is 0 Å². The van der Waals surface area contributed by atoms with Crippen LogP contribution in [0.2, 0.25) is 5.02 Å². The summed E-state index contributed by atoms with van der Waals surface area (Å²) < 4.78 is 0. The molecule has 3 nitrogen and oxygen atoms in total. The first kappa shape index (κ1) is 14.8. The van der Waals surface area contributed by atoms with E-state index in [4.69, 9.17) is 17.3 Å². The second-order valence-corrected chi connectivity index (χ2v) is 5.83. The molecule has 1 aromatic carbocycles. The fourth-order valence-electron chi connectivity index (χ4n) is 2.54. The van der Waals surface area contributed by atoms with Crippen molar-refractivity contribution in [3.05, 3.63) is 34.9 Å². The fraction of sp³-hybridized carbons (Fsp3) is 0.600. The summed E-state index contributed by atoms with van der Waals surface area (Å²) in [5.74, 6) is 0. The van der Waals surface area contributed by atoms with E-state index in [1.807, 2.05) is 24.3 Å². The molecule has 0 amide bonds. The van der Waals surface area contributed by atoms with Crippen LogP contribution in [0, 0.1) is 0 Å². The Balaban J connectivity index is 1.69. The quantitative estimate of drug-likeness (QED) is 0.873. The molecule has 1 aliphatic rings. The SMILES string of the molecule is NC1CCN(CCCC(O)c2ccc(Cl)cc2)CC1. The predicted molar refractivity (Wildman–Crippen MR) is 79.3 cm³/mol. The van der Waals surface area contributed by atoms with Crippen molar-refractivity contribution >= 4 is 11.6 Å². The predicted octanol–water partition coefficient (Wildman–Crippen LogP) is 2.58. The number of nitrogens with two attached hydrogens (primary N) is 1. The van der Waals surface area contributed by atoms with Crippen LogP contribution in [0.25, 0.3) is 0 Å². The molecule has 0 aromatic heterocycles. The monoisotopic (exact) mass is 282 g/mol. The van der Waals surface area contributed by atoms with Crippen LogP contribution in [0.5, 0.6) is 0 Å². The van der Waals surface area contributed by atoms with Crippen molar-refractivity contribution in [2.24, 2.45) is 5.73 Å². The van der Waals surface area contributed by atoms with Crippen LogP contribution in [-0.4, -0.2) is 35.7 Å². The number of aliphatic hydroxyl groups is 1. The average Bonchev–Trinajstić information content (AvgIpc) is 2.41. The van der Waals surface area contributed by atoms with E-state index >= 15 is 0 Å². The van der Waals surface area contributed by atoms with Crippen molar-refractivity contribution in [1.82, 2.24) is 4.90 Å².